The van der Waals surface area contributed by atoms with Crippen molar-refractivity contribution in [2.45, 2.75) is 42.8 Å². The summed E-state index contributed by atoms with van der Waals surface area (Å²) in [5, 5.41) is 0. The fourth-order valence-electron chi connectivity index (χ4n) is 6.61. The van der Waals surface area contributed by atoms with Crippen LogP contribution < -0.4 is 0 Å². The van der Waals surface area contributed by atoms with Crippen LogP contribution in [-0.2, 0) is 4.79 Å². The van der Waals surface area contributed by atoms with E-state index in [1.165, 1.54) is 19.3 Å². The Labute approximate surface area is 169 Å². The van der Waals surface area contributed by atoms with Gasteiger partial charge in [-0.05, 0) is 62.5 Å². The van der Waals surface area contributed by atoms with Crippen LogP contribution in [0.15, 0.2) is 30.3 Å². The van der Waals surface area contributed by atoms with Gasteiger partial charge in [0.2, 0.25) is 5.91 Å². The van der Waals surface area contributed by atoms with Crippen LogP contribution in [0, 0.1) is 17.3 Å². The van der Waals surface area contributed by atoms with E-state index in [4.69, 9.17) is 0 Å². The second kappa shape index (κ2) is 6.33. The molecule has 0 spiro atoms. The number of carbonyl (C=O) groups excluding carboxylic acids is 2. The normalized spacial score (nSPS) is 37.5. The van der Waals surface area contributed by atoms with Crippen LogP contribution in [0.25, 0.3) is 0 Å². The van der Waals surface area contributed by atoms with E-state index in [2.05, 4.69) is 20.8 Å². The molecular formula is C22H27BrN2O2. The third-order valence-corrected chi connectivity index (χ3v) is 8.25. The molecule has 2 unspecified atom stereocenters. The molecule has 1 aromatic rings. The molecule has 27 heavy (non-hydrogen) atoms. The van der Waals surface area contributed by atoms with Crippen molar-refractivity contribution in [3.8, 4) is 0 Å². The Bertz CT molecular complexity index is 743. The van der Waals surface area contributed by atoms with Gasteiger partial charge in [0.1, 0.15) is 0 Å². The van der Waals surface area contributed by atoms with E-state index < -0.39 is 0 Å². The molecule has 1 heterocycles. The summed E-state index contributed by atoms with van der Waals surface area (Å²) in [6.07, 6.45) is 6.99. The monoisotopic (exact) mass is 430 g/mol. The minimum atomic E-state index is -0.140. The molecule has 4 bridgehead atoms. The first kappa shape index (κ1) is 17.7. The third-order valence-electron chi connectivity index (χ3n) is 7.32. The van der Waals surface area contributed by atoms with E-state index in [-0.39, 0.29) is 15.6 Å². The molecule has 144 valence electrons. The summed E-state index contributed by atoms with van der Waals surface area (Å²) in [6.45, 7) is 2.62. The molecule has 2 atom stereocenters. The molecule has 0 aromatic heterocycles. The summed E-state index contributed by atoms with van der Waals surface area (Å²) in [5.41, 5.74) is 0.596. The number of alkyl halides is 1. The fourth-order valence-corrected chi connectivity index (χ4v) is 8.06. The average molecular weight is 431 g/mol. The van der Waals surface area contributed by atoms with E-state index in [0.717, 1.165) is 36.7 Å². The highest BCUT2D eigenvalue weighted by molar-refractivity contribution is 9.10. The smallest absolute Gasteiger partial charge is 0.253 e. The SMILES string of the molecule is O=C(c1ccccc1)N1CCN(C(=O)C23CC4CC(CC(Br)(C4)C2)C3)CC1. The molecule has 5 fully saturated rings. The van der Waals surface area contributed by atoms with Crippen molar-refractivity contribution in [1.29, 1.82) is 0 Å². The number of hydrogen-bond acceptors (Lipinski definition) is 2. The minimum Gasteiger partial charge on any atom is -0.339 e. The Morgan fingerprint density at radius 3 is 2.07 bits per heavy atom. The van der Waals surface area contributed by atoms with Crippen LogP contribution in [-0.4, -0.2) is 52.1 Å². The lowest BCUT2D eigenvalue weighted by molar-refractivity contribution is -0.157. The first-order valence-corrected chi connectivity index (χ1v) is 11.1. The van der Waals surface area contributed by atoms with E-state index in [0.29, 0.717) is 32.1 Å². The average Bonchev–Trinajstić information content (AvgIpc) is 2.66. The summed E-state index contributed by atoms with van der Waals surface area (Å²) >= 11 is 4.02. The van der Waals surface area contributed by atoms with Crippen molar-refractivity contribution in [3.63, 3.8) is 0 Å². The van der Waals surface area contributed by atoms with Crippen molar-refractivity contribution < 1.29 is 9.59 Å². The van der Waals surface area contributed by atoms with Gasteiger partial charge in [-0.1, -0.05) is 34.1 Å². The van der Waals surface area contributed by atoms with Crippen LogP contribution in [0.4, 0.5) is 0 Å². The molecule has 4 nitrogen and oxygen atoms in total. The number of piperazine rings is 1. The van der Waals surface area contributed by atoms with Gasteiger partial charge in [-0.25, -0.2) is 0 Å². The lowest BCUT2D eigenvalue weighted by Gasteiger charge is -2.60. The van der Waals surface area contributed by atoms with Crippen LogP contribution in [0.1, 0.15) is 48.9 Å². The molecule has 5 aliphatic rings. The first-order chi connectivity index (χ1) is 13.0. The Balaban J connectivity index is 1.26. The third kappa shape index (κ3) is 3.02. The summed E-state index contributed by atoms with van der Waals surface area (Å²) < 4.78 is 0.206. The standard InChI is InChI=1S/C22H27BrN2O2/c23-22-13-16-10-17(14-22)12-21(11-16,15-22)20(27)25-8-6-24(7-9-25)19(26)18-4-2-1-3-5-18/h1-5,16-17H,6-15H2. The van der Waals surface area contributed by atoms with E-state index in [9.17, 15) is 9.59 Å². The number of hydrogen-bond donors (Lipinski definition) is 0. The van der Waals surface area contributed by atoms with Gasteiger partial charge >= 0.3 is 0 Å². The Kier molecular flexibility index (Phi) is 4.15. The highest BCUT2D eigenvalue weighted by Gasteiger charge is 2.60. The zero-order valence-electron chi connectivity index (χ0n) is 15.7. The van der Waals surface area contributed by atoms with Crippen molar-refractivity contribution in [2.75, 3.05) is 26.2 Å². The second-order valence-electron chi connectivity index (χ2n) is 9.34. The van der Waals surface area contributed by atoms with E-state index >= 15 is 0 Å². The quantitative estimate of drug-likeness (QED) is 0.670. The molecule has 1 aromatic carbocycles. The van der Waals surface area contributed by atoms with Crippen molar-refractivity contribution in [3.05, 3.63) is 35.9 Å². The Hall–Kier alpha value is -1.36. The molecule has 4 aliphatic carbocycles. The molecule has 1 aliphatic heterocycles. The molecule has 0 radical (unpaired) electrons. The molecule has 1 saturated heterocycles. The largest absolute Gasteiger partial charge is 0.339 e. The van der Waals surface area contributed by atoms with Crippen molar-refractivity contribution in [2.24, 2.45) is 17.3 Å². The van der Waals surface area contributed by atoms with Crippen LogP contribution in [0.5, 0.6) is 0 Å². The maximum absolute atomic E-state index is 13.5. The molecule has 0 N–H and O–H groups in total. The zero-order chi connectivity index (χ0) is 18.6. The Morgan fingerprint density at radius 1 is 0.889 bits per heavy atom. The molecule has 2 amide bonds. The summed E-state index contributed by atoms with van der Waals surface area (Å²) in [7, 11) is 0. The van der Waals surface area contributed by atoms with Crippen LogP contribution >= 0.6 is 15.9 Å². The van der Waals surface area contributed by atoms with E-state index in [1.807, 2.05) is 35.2 Å². The predicted octanol–water partition coefficient (Wildman–Crippen LogP) is 3.70. The summed E-state index contributed by atoms with van der Waals surface area (Å²) in [4.78, 5) is 30.1. The van der Waals surface area contributed by atoms with Crippen LogP contribution in [0.2, 0.25) is 0 Å². The molecule has 6 rings (SSSR count). The lowest BCUT2D eigenvalue weighted by Crippen LogP contribution is -2.61. The van der Waals surface area contributed by atoms with E-state index in [1.54, 1.807) is 0 Å². The topological polar surface area (TPSA) is 40.6 Å². The molecular weight excluding hydrogens is 404 g/mol. The maximum atomic E-state index is 13.5. The number of halogens is 1. The minimum absolute atomic E-state index is 0.0805. The van der Waals surface area contributed by atoms with Crippen LogP contribution in [0.3, 0.4) is 0 Å². The highest BCUT2D eigenvalue weighted by Crippen LogP contribution is 2.64. The van der Waals surface area contributed by atoms with Gasteiger partial charge in [-0.2, -0.15) is 0 Å². The summed E-state index contributed by atoms with van der Waals surface area (Å²) in [6, 6.07) is 9.46. The molecule has 4 saturated carbocycles. The first-order valence-electron chi connectivity index (χ1n) is 10.3. The number of benzene rings is 1. The van der Waals surface area contributed by atoms with Crippen molar-refractivity contribution in [1.82, 2.24) is 9.80 Å². The number of carbonyl (C=O) groups is 2. The fraction of sp³-hybridized carbons (Fsp3) is 0.636. The number of amides is 2. The number of rotatable bonds is 2. The highest BCUT2D eigenvalue weighted by atomic mass is 79.9. The van der Waals surface area contributed by atoms with Gasteiger partial charge in [0.05, 0.1) is 5.41 Å². The van der Waals surface area contributed by atoms with Gasteiger partial charge in [0.25, 0.3) is 5.91 Å². The maximum Gasteiger partial charge on any atom is 0.253 e. The Morgan fingerprint density at radius 2 is 1.48 bits per heavy atom. The molecule has 5 heteroatoms. The van der Waals surface area contributed by atoms with Gasteiger partial charge in [-0.15, -0.1) is 0 Å². The predicted molar refractivity (Wildman–Crippen MR) is 108 cm³/mol. The summed E-state index contributed by atoms with van der Waals surface area (Å²) in [5.74, 6) is 1.88. The van der Waals surface area contributed by atoms with Gasteiger partial charge in [0, 0.05) is 36.1 Å². The van der Waals surface area contributed by atoms with Gasteiger partial charge in [-0.3, -0.25) is 9.59 Å². The van der Waals surface area contributed by atoms with Gasteiger partial charge in [0.15, 0.2) is 0 Å². The van der Waals surface area contributed by atoms with Gasteiger partial charge < -0.3 is 9.80 Å². The number of nitrogens with zero attached hydrogens (tertiary/aromatic N) is 2. The zero-order valence-corrected chi connectivity index (χ0v) is 17.3. The van der Waals surface area contributed by atoms with Crippen molar-refractivity contribution >= 4 is 27.7 Å². The second-order valence-corrected chi connectivity index (χ2v) is 11.0. The lowest BCUT2D eigenvalue weighted by atomic mass is 9.49.